The van der Waals surface area contributed by atoms with E-state index < -0.39 is 6.03 Å². The van der Waals surface area contributed by atoms with E-state index in [1.54, 1.807) is 25.2 Å². The minimum atomic E-state index is -0.411. The molecule has 2 aliphatic heterocycles. The zero-order chi connectivity index (χ0) is 19.3. The van der Waals surface area contributed by atoms with Crippen LogP contribution in [0, 0.1) is 6.92 Å². The van der Waals surface area contributed by atoms with Crippen LogP contribution < -0.4 is 20.6 Å². The van der Waals surface area contributed by atoms with Crippen molar-refractivity contribution in [3.63, 3.8) is 0 Å². The third kappa shape index (κ3) is 2.65. The number of primary amides is 1. The van der Waals surface area contributed by atoms with E-state index >= 15 is 0 Å². The van der Waals surface area contributed by atoms with Gasteiger partial charge in [0.25, 0.3) is 0 Å². The van der Waals surface area contributed by atoms with Crippen LogP contribution in [0.5, 0.6) is 11.5 Å². The quantitative estimate of drug-likeness (QED) is 0.880. The highest BCUT2D eigenvalue weighted by molar-refractivity contribution is 5.74. The molecular weight excluding hydrogens is 346 g/mol. The highest BCUT2D eigenvalue weighted by Gasteiger charge is 2.39. The molecule has 2 amide bonds. The zero-order valence-corrected chi connectivity index (χ0v) is 15.7. The number of likely N-dealkylation sites (tertiary alicyclic amines) is 1. The summed E-state index contributed by atoms with van der Waals surface area (Å²) < 4.78 is 13.1. The largest absolute Gasteiger partial charge is 0.493 e. The van der Waals surface area contributed by atoms with Crippen molar-refractivity contribution < 1.29 is 14.3 Å². The summed E-state index contributed by atoms with van der Waals surface area (Å²) in [6.07, 6.45) is 2.68. The van der Waals surface area contributed by atoms with Crippen molar-refractivity contribution in [3.8, 4) is 22.8 Å². The Morgan fingerprint density at radius 2 is 1.89 bits per heavy atom. The number of pyridine rings is 1. The lowest BCUT2D eigenvalue weighted by molar-refractivity contribution is 0.161. The van der Waals surface area contributed by atoms with Crippen molar-refractivity contribution in [3.05, 3.63) is 45.7 Å². The number of aromatic nitrogens is 1. The Kier molecular flexibility index (Phi) is 4.09. The van der Waals surface area contributed by atoms with Gasteiger partial charge in [-0.25, -0.2) is 4.79 Å². The molecular formula is C20H23N3O4. The number of amides is 2. The number of aryl methyl sites for hydroxylation is 1. The van der Waals surface area contributed by atoms with Gasteiger partial charge in [-0.3, -0.25) is 4.79 Å². The van der Waals surface area contributed by atoms with Gasteiger partial charge in [-0.05, 0) is 31.0 Å². The lowest BCUT2D eigenvalue weighted by Crippen LogP contribution is -2.47. The van der Waals surface area contributed by atoms with E-state index in [0.717, 1.165) is 23.2 Å². The number of carbonyl (C=O) groups excluding carboxylic acids is 1. The molecule has 7 heteroatoms. The first-order chi connectivity index (χ1) is 12.9. The molecule has 1 saturated heterocycles. The second-order valence-electron chi connectivity index (χ2n) is 7.15. The van der Waals surface area contributed by atoms with Gasteiger partial charge in [0.05, 0.1) is 26.0 Å². The van der Waals surface area contributed by atoms with Crippen LogP contribution >= 0.6 is 0 Å². The molecule has 2 aliphatic rings. The van der Waals surface area contributed by atoms with Crippen LogP contribution in [0.3, 0.4) is 0 Å². The van der Waals surface area contributed by atoms with E-state index in [1.165, 1.54) is 0 Å². The maximum atomic E-state index is 12.4. The number of nitrogens with two attached hydrogens (primary N) is 1. The average molecular weight is 369 g/mol. The molecule has 0 aliphatic carbocycles. The smallest absolute Gasteiger partial charge is 0.314 e. The number of fused-ring (bicyclic) bond motifs is 6. The van der Waals surface area contributed by atoms with Gasteiger partial charge in [-0.15, -0.1) is 0 Å². The number of methoxy groups -OCH3 is 2. The molecule has 0 spiro atoms. The molecule has 2 aromatic rings. The summed E-state index contributed by atoms with van der Waals surface area (Å²) in [5, 5.41) is 0. The first kappa shape index (κ1) is 17.5. The molecule has 1 fully saturated rings. The van der Waals surface area contributed by atoms with Crippen LogP contribution in [0.2, 0.25) is 0 Å². The van der Waals surface area contributed by atoms with Gasteiger partial charge in [0.15, 0.2) is 16.9 Å². The lowest BCUT2D eigenvalue weighted by Gasteiger charge is -2.44. The summed E-state index contributed by atoms with van der Waals surface area (Å²) in [4.78, 5) is 25.8. The summed E-state index contributed by atoms with van der Waals surface area (Å²) in [6, 6.07) is 5.21. The number of hydrogen-bond acceptors (Lipinski definition) is 4. The SMILES string of the molecule is COc1cc2c(cc1OC)C1CCN(C(N)=O)CC1n1cc(C)c(=O)cc1-2. The first-order valence-electron chi connectivity index (χ1n) is 8.98. The van der Waals surface area contributed by atoms with E-state index in [0.29, 0.717) is 30.2 Å². The van der Waals surface area contributed by atoms with Gasteiger partial charge in [0, 0.05) is 42.4 Å². The maximum absolute atomic E-state index is 12.4. The predicted octanol–water partition coefficient (Wildman–Crippen LogP) is 2.26. The topological polar surface area (TPSA) is 86.8 Å². The van der Waals surface area contributed by atoms with Crippen LogP contribution in [0.1, 0.15) is 29.5 Å². The normalized spacial score (nSPS) is 20.3. The Balaban J connectivity index is 1.96. The summed E-state index contributed by atoms with van der Waals surface area (Å²) in [6.45, 7) is 2.94. The van der Waals surface area contributed by atoms with Crippen LogP contribution in [0.25, 0.3) is 11.3 Å². The van der Waals surface area contributed by atoms with E-state index in [9.17, 15) is 9.59 Å². The number of urea groups is 1. The van der Waals surface area contributed by atoms with Crippen LogP contribution in [-0.2, 0) is 0 Å². The number of ether oxygens (including phenoxy) is 2. The lowest BCUT2D eigenvalue weighted by atomic mass is 9.78. The molecule has 3 heterocycles. The first-order valence-corrected chi connectivity index (χ1v) is 8.98. The fourth-order valence-electron chi connectivity index (χ4n) is 4.35. The monoisotopic (exact) mass is 369 g/mol. The number of piperidine rings is 1. The van der Waals surface area contributed by atoms with Gasteiger partial charge in [-0.1, -0.05) is 0 Å². The Labute approximate surface area is 157 Å². The van der Waals surface area contributed by atoms with Gasteiger partial charge in [0.1, 0.15) is 0 Å². The number of carbonyl (C=O) groups is 1. The van der Waals surface area contributed by atoms with E-state index in [1.807, 2.05) is 25.3 Å². The van der Waals surface area contributed by atoms with Crippen molar-refractivity contribution in [1.29, 1.82) is 0 Å². The average Bonchev–Trinajstić information content (AvgIpc) is 2.67. The molecule has 4 rings (SSSR count). The van der Waals surface area contributed by atoms with Gasteiger partial charge in [-0.2, -0.15) is 0 Å². The van der Waals surface area contributed by atoms with E-state index in [2.05, 4.69) is 4.57 Å². The number of hydrogen-bond donors (Lipinski definition) is 1. The Morgan fingerprint density at radius 1 is 1.19 bits per heavy atom. The Morgan fingerprint density at radius 3 is 2.56 bits per heavy atom. The second-order valence-corrected chi connectivity index (χ2v) is 7.15. The van der Waals surface area contributed by atoms with Gasteiger partial charge < -0.3 is 24.7 Å². The summed E-state index contributed by atoms with van der Waals surface area (Å²) in [7, 11) is 3.21. The Hall–Kier alpha value is -2.96. The summed E-state index contributed by atoms with van der Waals surface area (Å²) >= 11 is 0. The molecule has 2 atom stereocenters. The molecule has 7 nitrogen and oxygen atoms in total. The molecule has 1 aromatic heterocycles. The standard InChI is InChI=1S/C20H23N3O4/c1-11-9-23-15(8-17(11)24)14-7-19(27-3)18(26-2)6-13(14)12-4-5-22(20(21)25)10-16(12)23/h6-9,12,16H,4-5,10H2,1-3H3,(H2,21,25). The molecule has 2 N–H and O–H groups in total. The minimum Gasteiger partial charge on any atom is -0.493 e. The molecule has 0 bridgehead atoms. The number of rotatable bonds is 2. The minimum absolute atomic E-state index is 0.0111. The summed E-state index contributed by atoms with van der Waals surface area (Å²) in [5.74, 6) is 1.49. The van der Waals surface area contributed by atoms with Crippen molar-refractivity contribution >= 4 is 6.03 Å². The third-order valence-corrected chi connectivity index (χ3v) is 5.75. The van der Waals surface area contributed by atoms with Crippen molar-refractivity contribution in [2.24, 2.45) is 5.73 Å². The molecule has 142 valence electrons. The van der Waals surface area contributed by atoms with Crippen LogP contribution in [0.4, 0.5) is 4.79 Å². The van der Waals surface area contributed by atoms with Crippen molar-refractivity contribution in [2.45, 2.75) is 25.3 Å². The van der Waals surface area contributed by atoms with Crippen molar-refractivity contribution in [2.75, 3.05) is 27.3 Å². The molecule has 1 aromatic carbocycles. The highest BCUT2D eigenvalue weighted by atomic mass is 16.5. The van der Waals surface area contributed by atoms with E-state index in [4.69, 9.17) is 15.2 Å². The third-order valence-electron chi connectivity index (χ3n) is 5.75. The van der Waals surface area contributed by atoms with Crippen molar-refractivity contribution in [1.82, 2.24) is 9.47 Å². The fourth-order valence-corrected chi connectivity index (χ4v) is 4.35. The summed E-state index contributed by atoms with van der Waals surface area (Å²) in [5.41, 5.74) is 9.11. The molecule has 27 heavy (non-hydrogen) atoms. The van der Waals surface area contributed by atoms with E-state index in [-0.39, 0.29) is 17.4 Å². The van der Waals surface area contributed by atoms with Gasteiger partial charge >= 0.3 is 6.03 Å². The molecule has 0 radical (unpaired) electrons. The number of nitrogens with zero attached hydrogens (tertiary/aromatic N) is 2. The zero-order valence-electron chi connectivity index (χ0n) is 15.7. The predicted molar refractivity (Wildman–Crippen MR) is 102 cm³/mol. The van der Waals surface area contributed by atoms with Crippen LogP contribution in [0.15, 0.2) is 29.2 Å². The van der Waals surface area contributed by atoms with Gasteiger partial charge in [0.2, 0.25) is 0 Å². The molecule has 2 unspecified atom stereocenters. The highest BCUT2D eigenvalue weighted by Crippen LogP contribution is 2.49. The fraction of sp³-hybridized carbons (Fsp3) is 0.400. The maximum Gasteiger partial charge on any atom is 0.314 e. The Bertz CT molecular complexity index is 982. The van der Waals surface area contributed by atoms with Crippen LogP contribution in [-0.4, -0.2) is 42.8 Å². The second kappa shape index (κ2) is 6.33. The number of benzene rings is 1. The molecule has 0 saturated carbocycles.